The highest BCUT2D eigenvalue weighted by Crippen LogP contribution is 2.39. The van der Waals surface area contributed by atoms with E-state index in [-0.39, 0.29) is 11.6 Å². The van der Waals surface area contributed by atoms with E-state index in [4.69, 9.17) is 11.6 Å². The Morgan fingerprint density at radius 1 is 1.33 bits per heavy atom. The molecule has 7 heteroatoms. The molecule has 0 radical (unpaired) electrons. The Hall–Kier alpha value is -1.76. The van der Waals surface area contributed by atoms with Gasteiger partial charge in [-0.2, -0.15) is 0 Å². The molecule has 0 saturated heterocycles. The Bertz CT molecular complexity index is 914. The molecule has 0 spiro atoms. The number of hydrogen-bond acceptors (Lipinski definition) is 5. The Kier molecular flexibility index (Phi) is 4.12. The van der Waals surface area contributed by atoms with Gasteiger partial charge in [-0.05, 0) is 42.5 Å². The number of aromatic nitrogens is 2. The molecular weight excluding hydrogens is 349 g/mol. The molecule has 3 aromatic rings. The largest absolute Gasteiger partial charge is 0.387 e. The van der Waals surface area contributed by atoms with E-state index in [9.17, 15) is 9.50 Å². The molecule has 2 N–H and O–H groups in total. The topological polar surface area (TPSA) is 58.0 Å². The zero-order valence-corrected chi connectivity index (χ0v) is 14.3. The number of aliphatic hydroxyl groups is 1. The van der Waals surface area contributed by atoms with Crippen LogP contribution in [-0.4, -0.2) is 21.6 Å². The predicted molar refractivity (Wildman–Crippen MR) is 94.3 cm³/mol. The molecule has 2 aromatic heterocycles. The van der Waals surface area contributed by atoms with Crippen LogP contribution in [0, 0.1) is 5.82 Å². The van der Waals surface area contributed by atoms with E-state index in [0.717, 1.165) is 35.3 Å². The number of aryl methyl sites for hydroxylation is 2. The average molecular weight is 364 g/mol. The first-order valence-corrected chi connectivity index (χ1v) is 8.95. The predicted octanol–water partition coefficient (Wildman–Crippen LogP) is 4.12. The number of nitrogens with zero attached hydrogens (tertiary/aromatic N) is 2. The molecule has 1 unspecified atom stereocenters. The van der Waals surface area contributed by atoms with Gasteiger partial charge in [-0.1, -0.05) is 17.7 Å². The maximum atomic E-state index is 13.5. The van der Waals surface area contributed by atoms with Crippen molar-refractivity contribution in [2.45, 2.75) is 25.4 Å². The van der Waals surface area contributed by atoms with Gasteiger partial charge in [0.1, 0.15) is 22.8 Å². The molecule has 0 aliphatic heterocycles. The van der Waals surface area contributed by atoms with Gasteiger partial charge in [-0.15, -0.1) is 11.3 Å². The summed E-state index contributed by atoms with van der Waals surface area (Å²) in [6.07, 6.45) is 3.99. The van der Waals surface area contributed by atoms with Crippen LogP contribution in [0.15, 0.2) is 24.5 Å². The van der Waals surface area contributed by atoms with Crippen molar-refractivity contribution in [2.75, 3.05) is 11.9 Å². The lowest BCUT2D eigenvalue weighted by Crippen LogP contribution is -2.13. The van der Waals surface area contributed by atoms with E-state index in [2.05, 4.69) is 15.3 Å². The number of rotatable bonds is 4. The van der Waals surface area contributed by atoms with E-state index in [1.807, 2.05) is 0 Å². The number of benzene rings is 1. The summed E-state index contributed by atoms with van der Waals surface area (Å²) in [5.41, 5.74) is 1.80. The molecule has 0 amide bonds. The Labute approximate surface area is 147 Å². The van der Waals surface area contributed by atoms with Gasteiger partial charge < -0.3 is 10.4 Å². The SMILES string of the molecule is OC(CNc1ncnc2sc3c(c12)CCC3)c1ccc(Cl)c(F)c1. The van der Waals surface area contributed by atoms with Gasteiger partial charge in [0.2, 0.25) is 0 Å². The summed E-state index contributed by atoms with van der Waals surface area (Å²) in [5.74, 6) is 0.196. The molecule has 1 aliphatic carbocycles. The lowest BCUT2D eigenvalue weighted by atomic mass is 10.1. The van der Waals surface area contributed by atoms with Gasteiger partial charge in [0, 0.05) is 11.4 Å². The van der Waals surface area contributed by atoms with Crippen molar-refractivity contribution in [3.8, 4) is 0 Å². The first-order valence-electron chi connectivity index (χ1n) is 7.75. The maximum Gasteiger partial charge on any atom is 0.142 e. The lowest BCUT2D eigenvalue weighted by Gasteiger charge is -2.14. The quantitative estimate of drug-likeness (QED) is 0.732. The Morgan fingerprint density at radius 2 is 2.21 bits per heavy atom. The van der Waals surface area contributed by atoms with Crippen LogP contribution >= 0.6 is 22.9 Å². The third kappa shape index (κ3) is 2.75. The molecule has 124 valence electrons. The van der Waals surface area contributed by atoms with Crippen LogP contribution in [0.1, 0.15) is 28.5 Å². The van der Waals surface area contributed by atoms with Crippen molar-refractivity contribution in [2.24, 2.45) is 0 Å². The van der Waals surface area contributed by atoms with Crippen molar-refractivity contribution >= 4 is 39.0 Å². The standard InChI is InChI=1S/C17H15ClFN3OS/c18-11-5-4-9(6-12(11)19)13(23)7-20-16-15-10-2-1-3-14(10)24-17(15)22-8-21-16/h4-6,8,13,23H,1-3,7H2,(H,20,21,22). The normalized spacial score (nSPS) is 14.8. The van der Waals surface area contributed by atoms with Crippen LogP contribution in [-0.2, 0) is 12.8 Å². The minimum atomic E-state index is -0.853. The molecule has 4 rings (SSSR count). The lowest BCUT2D eigenvalue weighted by molar-refractivity contribution is 0.191. The summed E-state index contributed by atoms with van der Waals surface area (Å²) in [4.78, 5) is 11.0. The highest BCUT2D eigenvalue weighted by atomic mass is 35.5. The average Bonchev–Trinajstić information content (AvgIpc) is 3.15. The van der Waals surface area contributed by atoms with Crippen LogP contribution < -0.4 is 5.32 Å². The zero-order chi connectivity index (χ0) is 16.7. The highest BCUT2D eigenvalue weighted by molar-refractivity contribution is 7.19. The molecule has 0 fully saturated rings. The fourth-order valence-electron chi connectivity index (χ4n) is 3.09. The van der Waals surface area contributed by atoms with Gasteiger partial charge in [-0.3, -0.25) is 0 Å². The number of aliphatic hydroxyl groups excluding tert-OH is 1. The molecule has 0 saturated carbocycles. The van der Waals surface area contributed by atoms with Gasteiger partial charge in [0.25, 0.3) is 0 Å². The molecule has 2 heterocycles. The van der Waals surface area contributed by atoms with E-state index >= 15 is 0 Å². The number of thiophene rings is 1. The summed E-state index contributed by atoms with van der Waals surface area (Å²) >= 11 is 7.39. The van der Waals surface area contributed by atoms with Crippen molar-refractivity contribution < 1.29 is 9.50 Å². The summed E-state index contributed by atoms with van der Waals surface area (Å²) in [5, 5.41) is 14.6. The molecule has 4 nitrogen and oxygen atoms in total. The summed E-state index contributed by atoms with van der Waals surface area (Å²) < 4.78 is 13.5. The number of anilines is 1. The van der Waals surface area contributed by atoms with Crippen molar-refractivity contribution in [3.63, 3.8) is 0 Å². The van der Waals surface area contributed by atoms with Gasteiger partial charge in [0.05, 0.1) is 16.5 Å². The summed E-state index contributed by atoms with van der Waals surface area (Å²) in [7, 11) is 0. The monoisotopic (exact) mass is 363 g/mol. The Balaban J connectivity index is 1.57. The van der Waals surface area contributed by atoms with E-state index in [1.165, 1.54) is 28.9 Å². The Morgan fingerprint density at radius 3 is 3.04 bits per heavy atom. The minimum Gasteiger partial charge on any atom is -0.387 e. The smallest absolute Gasteiger partial charge is 0.142 e. The second-order valence-corrected chi connectivity index (χ2v) is 7.32. The minimum absolute atomic E-state index is 0.0465. The second kappa shape index (κ2) is 6.27. The molecule has 1 atom stereocenters. The van der Waals surface area contributed by atoms with E-state index in [0.29, 0.717) is 5.56 Å². The second-order valence-electron chi connectivity index (χ2n) is 5.83. The van der Waals surface area contributed by atoms with E-state index in [1.54, 1.807) is 17.4 Å². The van der Waals surface area contributed by atoms with Gasteiger partial charge >= 0.3 is 0 Å². The van der Waals surface area contributed by atoms with Crippen LogP contribution in [0.2, 0.25) is 5.02 Å². The van der Waals surface area contributed by atoms with Crippen molar-refractivity contribution in [3.05, 3.63) is 51.4 Å². The highest BCUT2D eigenvalue weighted by Gasteiger charge is 2.21. The number of halogens is 2. The fourth-order valence-corrected chi connectivity index (χ4v) is 4.44. The molecule has 24 heavy (non-hydrogen) atoms. The molecule has 0 bridgehead atoms. The third-order valence-electron chi connectivity index (χ3n) is 4.29. The number of hydrogen-bond donors (Lipinski definition) is 2. The fraction of sp³-hybridized carbons (Fsp3) is 0.294. The van der Waals surface area contributed by atoms with Gasteiger partial charge in [0.15, 0.2) is 0 Å². The van der Waals surface area contributed by atoms with Crippen LogP contribution in [0.25, 0.3) is 10.2 Å². The van der Waals surface area contributed by atoms with Crippen molar-refractivity contribution in [1.82, 2.24) is 9.97 Å². The first kappa shape index (κ1) is 15.7. The maximum absolute atomic E-state index is 13.5. The molecule has 1 aromatic carbocycles. The molecule has 1 aliphatic rings. The van der Waals surface area contributed by atoms with Crippen LogP contribution in [0.5, 0.6) is 0 Å². The molecular formula is C17H15ClFN3OS. The summed E-state index contributed by atoms with van der Waals surface area (Å²) in [6, 6.07) is 4.33. The van der Waals surface area contributed by atoms with Crippen LogP contribution in [0.4, 0.5) is 10.2 Å². The van der Waals surface area contributed by atoms with Crippen LogP contribution in [0.3, 0.4) is 0 Å². The third-order valence-corrected chi connectivity index (χ3v) is 5.80. The zero-order valence-electron chi connectivity index (χ0n) is 12.7. The van der Waals surface area contributed by atoms with Gasteiger partial charge in [-0.25, -0.2) is 14.4 Å². The first-order chi connectivity index (χ1) is 11.6. The van der Waals surface area contributed by atoms with Crippen molar-refractivity contribution in [1.29, 1.82) is 0 Å². The number of nitrogens with one attached hydrogen (secondary N) is 1. The number of fused-ring (bicyclic) bond motifs is 3. The summed E-state index contributed by atoms with van der Waals surface area (Å²) in [6.45, 7) is 0.234. The van der Waals surface area contributed by atoms with E-state index < -0.39 is 11.9 Å².